The summed E-state index contributed by atoms with van der Waals surface area (Å²) in [6.45, 7) is 3.71. The topological polar surface area (TPSA) is 29.5 Å². The molecule has 0 bridgehead atoms. The number of hydrogen-bond acceptors (Lipinski definition) is 2. The van der Waals surface area contributed by atoms with Crippen LogP contribution in [0.4, 0.5) is 8.78 Å². The summed E-state index contributed by atoms with van der Waals surface area (Å²) in [6, 6.07) is 0. The molecule has 0 atom stereocenters. The number of carbonyl (C=O) groups is 1. The second kappa shape index (κ2) is 3.40. The van der Waals surface area contributed by atoms with Crippen LogP contribution in [0.25, 0.3) is 0 Å². The van der Waals surface area contributed by atoms with E-state index in [1.165, 1.54) is 0 Å². The highest BCUT2D eigenvalue weighted by molar-refractivity contribution is 5.83. The molecule has 15 heavy (non-hydrogen) atoms. The van der Waals surface area contributed by atoms with Crippen molar-refractivity contribution in [2.75, 3.05) is 26.3 Å². The van der Waals surface area contributed by atoms with Gasteiger partial charge in [-0.05, 0) is 0 Å². The Morgan fingerprint density at radius 2 is 1.80 bits per heavy atom. The first-order valence-corrected chi connectivity index (χ1v) is 5.18. The summed E-state index contributed by atoms with van der Waals surface area (Å²) in [6.07, 6.45) is -0.619. The van der Waals surface area contributed by atoms with Crippen molar-refractivity contribution in [3.63, 3.8) is 0 Å². The van der Waals surface area contributed by atoms with E-state index in [1.807, 2.05) is 0 Å². The lowest BCUT2D eigenvalue weighted by Gasteiger charge is -2.46. The minimum atomic E-state index is -2.64. The number of hydrogen-bond donors (Lipinski definition) is 0. The van der Waals surface area contributed by atoms with Gasteiger partial charge in [-0.3, -0.25) is 4.79 Å². The highest BCUT2D eigenvalue weighted by Gasteiger charge is 2.58. The first-order valence-electron chi connectivity index (χ1n) is 5.18. The first-order chi connectivity index (χ1) is 6.93. The van der Waals surface area contributed by atoms with E-state index in [2.05, 4.69) is 0 Å². The Balaban J connectivity index is 1.96. The van der Waals surface area contributed by atoms with Gasteiger partial charge in [-0.15, -0.1) is 0 Å². The minimum Gasteiger partial charge on any atom is -0.378 e. The van der Waals surface area contributed by atoms with E-state index in [-0.39, 0.29) is 18.7 Å². The zero-order chi connectivity index (χ0) is 11.1. The summed E-state index contributed by atoms with van der Waals surface area (Å²) in [5, 5.41) is 0. The Hall–Kier alpha value is -0.710. The Morgan fingerprint density at radius 3 is 2.27 bits per heavy atom. The Kier molecular flexibility index (Phi) is 2.45. The predicted molar refractivity (Wildman–Crippen MR) is 49.7 cm³/mol. The summed E-state index contributed by atoms with van der Waals surface area (Å²) in [5.74, 6) is -2.78. The molecule has 1 amide bonds. The molecular formula is C10H15F2NO2. The van der Waals surface area contributed by atoms with Crippen molar-refractivity contribution in [3.05, 3.63) is 0 Å². The molecule has 2 aliphatic rings. The molecule has 0 radical (unpaired) electrons. The molecule has 2 rings (SSSR count). The van der Waals surface area contributed by atoms with E-state index in [0.717, 1.165) is 0 Å². The van der Waals surface area contributed by atoms with Crippen LogP contribution < -0.4 is 0 Å². The number of carbonyl (C=O) groups excluding carboxylic acids is 1. The number of morpholine rings is 1. The minimum absolute atomic E-state index is 0.142. The number of alkyl halides is 2. The number of nitrogens with zero attached hydrogens (tertiary/aromatic N) is 1. The summed E-state index contributed by atoms with van der Waals surface area (Å²) >= 11 is 0. The normalized spacial score (nSPS) is 28.3. The van der Waals surface area contributed by atoms with Gasteiger partial charge in [-0.25, -0.2) is 8.78 Å². The molecule has 1 aliphatic carbocycles. The van der Waals surface area contributed by atoms with Crippen LogP contribution in [0.15, 0.2) is 0 Å². The molecule has 0 aromatic rings. The van der Waals surface area contributed by atoms with Gasteiger partial charge in [0.1, 0.15) is 0 Å². The maximum Gasteiger partial charge on any atom is 0.250 e. The Bertz CT molecular complexity index is 267. The standard InChI is InChI=1S/C10H15F2NO2/c1-9(6-10(11,12)7-9)8(14)13-2-4-15-5-3-13/h2-7H2,1H3. The molecule has 5 heteroatoms. The molecule has 2 fully saturated rings. The smallest absolute Gasteiger partial charge is 0.250 e. The molecule has 1 saturated carbocycles. The zero-order valence-corrected chi connectivity index (χ0v) is 8.76. The molecular weight excluding hydrogens is 204 g/mol. The molecule has 1 saturated heterocycles. The summed E-state index contributed by atoms with van der Waals surface area (Å²) in [7, 11) is 0. The Labute approximate surface area is 87.4 Å². The van der Waals surface area contributed by atoms with Crippen molar-refractivity contribution in [3.8, 4) is 0 Å². The third-order valence-corrected chi connectivity index (χ3v) is 3.11. The van der Waals surface area contributed by atoms with Crippen molar-refractivity contribution in [2.24, 2.45) is 5.41 Å². The van der Waals surface area contributed by atoms with Crippen LogP contribution in [0, 0.1) is 5.41 Å². The largest absolute Gasteiger partial charge is 0.378 e. The van der Waals surface area contributed by atoms with Crippen LogP contribution in [-0.2, 0) is 9.53 Å². The second-order valence-corrected chi connectivity index (χ2v) is 4.67. The van der Waals surface area contributed by atoms with E-state index in [0.29, 0.717) is 26.3 Å². The van der Waals surface area contributed by atoms with Crippen molar-refractivity contribution in [1.29, 1.82) is 0 Å². The third kappa shape index (κ3) is 1.97. The summed E-state index contributed by atoms with van der Waals surface area (Å²) in [5.41, 5.74) is -0.846. The number of ether oxygens (including phenoxy) is 1. The van der Waals surface area contributed by atoms with Crippen molar-refractivity contribution in [2.45, 2.75) is 25.7 Å². The highest BCUT2D eigenvalue weighted by atomic mass is 19.3. The SMILES string of the molecule is CC1(C(=O)N2CCOCC2)CC(F)(F)C1. The molecule has 1 heterocycles. The van der Waals surface area contributed by atoms with E-state index < -0.39 is 11.3 Å². The lowest BCUT2D eigenvalue weighted by Crippen LogP contribution is -2.56. The van der Waals surface area contributed by atoms with Crippen LogP contribution in [-0.4, -0.2) is 43.0 Å². The fraction of sp³-hybridized carbons (Fsp3) is 0.900. The fourth-order valence-electron chi connectivity index (χ4n) is 2.39. The van der Waals surface area contributed by atoms with Crippen molar-refractivity contribution in [1.82, 2.24) is 4.90 Å². The lowest BCUT2D eigenvalue weighted by atomic mass is 9.66. The van der Waals surface area contributed by atoms with Crippen molar-refractivity contribution < 1.29 is 18.3 Å². The molecule has 3 nitrogen and oxygen atoms in total. The van der Waals surface area contributed by atoms with Gasteiger partial charge in [0, 0.05) is 25.9 Å². The number of amides is 1. The third-order valence-electron chi connectivity index (χ3n) is 3.11. The van der Waals surface area contributed by atoms with Gasteiger partial charge in [0.05, 0.1) is 18.6 Å². The van der Waals surface area contributed by atoms with Gasteiger partial charge in [0.2, 0.25) is 11.8 Å². The van der Waals surface area contributed by atoms with Crippen LogP contribution in [0.2, 0.25) is 0 Å². The maximum absolute atomic E-state index is 12.8. The lowest BCUT2D eigenvalue weighted by molar-refractivity contribution is -0.185. The van der Waals surface area contributed by atoms with Gasteiger partial charge in [0.25, 0.3) is 0 Å². The monoisotopic (exact) mass is 219 g/mol. The second-order valence-electron chi connectivity index (χ2n) is 4.67. The van der Waals surface area contributed by atoms with Crippen LogP contribution in [0.5, 0.6) is 0 Å². The van der Waals surface area contributed by atoms with E-state index in [4.69, 9.17) is 4.74 Å². The van der Waals surface area contributed by atoms with E-state index >= 15 is 0 Å². The molecule has 0 spiro atoms. The Morgan fingerprint density at radius 1 is 1.27 bits per heavy atom. The maximum atomic E-state index is 12.8. The molecule has 0 N–H and O–H groups in total. The number of rotatable bonds is 1. The van der Waals surface area contributed by atoms with E-state index in [9.17, 15) is 13.6 Å². The average Bonchev–Trinajstić information content (AvgIpc) is 2.15. The molecule has 0 aromatic heterocycles. The fourth-order valence-corrected chi connectivity index (χ4v) is 2.39. The average molecular weight is 219 g/mol. The van der Waals surface area contributed by atoms with Gasteiger partial charge in [0.15, 0.2) is 0 Å². The van der Waals surface area contributed by atoms with Gasteiger partial charge < -0.3 is 9.64 Å². The van der Waals surface area contributed by atoms with Gasteiger partial charge >= 0.3 is 0 Å². The zero-order valence-electron chi connectivity index (χ0n) is 8.76. The number of halogens is 2. The quantitative estimate of drug-likeness (QED) is 0.665. The first kappa shape index (κ1) is 10.8. The molecule has 0 aromatic carbocycles. The van der Waals surface area contributed by atoms with Crippen molar-refractivity contribution >= 4 is 5.91 Å². The highest BCUT2D eigenvalue weighted by Crippen LogP contribution is 2.52. The van der Waals surface area contributed by atoms with Crippen LogP contribution >= 0.6 is 0 Å². The van der Waals surface area contributed by atoms with Crippen LogP contribution in [0.1, 0.15) is 19.8 Å². The summed E-state index contributed by atoms with van der Waals surface area (Å²) in [4.78, 5) is 13.6. The van der Waals surface area contributed by atoms with Gasteiger partial charge in [-0.1, -0.05) is 6.92 Å². The van der Waals surface area contributed by atoms with Crippen LogP contribution in [0.3, 0.4) is 0 Å². The van der Waals surface area contributed by atoms with E-state index in [1.54, 1.807) is 11.8 Å². The molecule has 1 aliphatic heterocycles. The molecule has 0 unspecified atom stereocenters. The molecule has 86 valence electrons. The summed E-state index contributed by atoms with van der Waals surface area (Å²) < 4.78 is 30.6. The predicted octanol–water partition coefficient (Wildman–Crippen LogP) is 1.28. The van der Waals surface area contributed by atoms with Gasteiger partial charge in [-0.2, -0.15) is 0 Å².